The van der Waals surface area contributed by atoms with E-state index in [1.807, 2.05) is 31.2 Å². The molecule has 0 amide bonds. The first-order valence-corrected chi connectivity index (χ1v) is 7.27. The van der Waals surface area contributed by atoms with Gasteiger partial charge >= 0.3 is 5.97 Å². The Bertz CT molecular complexity index is 667. The van der Waals surface area contributed by atoms with Crippen molar-refractivity contribution in [2.24, 2.45) is 0 Å². The van der Waals surface area contributed by atoms with Gasteiger partial charge in [0.2, 0.25) is 0 Å². The van der Waals surface area contributed by atoms with Crippen molar-refractivity contribution in [1.29, 1.82) is 0 Å². The van der Waals surface area contributed by atoms with E-state index in [0.29, 0.717) is 17.1 Å². The van der Waals surface area contributed by atoms with Crippen molar-refractivity contribution in [3.05, 3.63) is 59.4 Å². The third-order valence-electron chi connectivity index (χ3n) is 3.56. The molecular weight excluding hydrogens is 299 g/mol. The summed E-state index contributed by atoms with van der Waals surface area (Å²) in [5, 5.41) is 9.44. The number of methoxy groups -OCH3 is 1. The van der Waals surface area contributed by atoms with Crippen LogP contribution in [0.1, 0.15) is 23.5 Å². The van der Waals surface area contributed by atoms with Gasteiger partial charge in [-0.25, -0.2) is 4.39 Å². The third-order valence-corrected chi connectivity index (χ3v) is 3.56. The Kier molecular flexibility index (Phi) is 5.57. The highest BCUT2D eigenvalue weighted by Gasteiger charge is 2.24. The molecule has 0 fully saturated rings. The van der Waals surface area contributed by atoms with Crippen LogP contribution in [-0.2, 0) is 4.79 Å². The van der Waals surface area contributed by atoms with Crippen LogP contribution in [0.2, 0.25) is 0 Å². The molecule has 0 aliphatic heterocycles. The molecule has 1 unspecified atom stereocenters. The van der Waals surface area contributed by atoms with Gasteiger partial charge in [-0.05, 0) is 43.7 Å². The summed E-state index contributed by atoms with van der Waals surface area (Å²) >= 11 is 0. The van der Waals surface area contributed by atoms with E-state index in [2.05, 4.69) is 0 Å². The molecule has 4 nitrogen and oxygen atoms in total. The maximum atomic E-state index is 13.5. The highest BCUT2D eigenvalue weighted by atomic mass is 19.1. The Balaban J connectivity index is 2.09. The van der Waals surface area contributed by atoms with Gasteiger partial charge in [0.15, 0.2) is 0 Å². The quantitative estimate of drug-likeness (QED) is 0.844. The van der Waals surface area contributed by atoms with Gasteiger partial charge < -0.3 is 14.6 Å². The number of carbonyl (C=O) groups is 1. The molecule has 0 bridgehead atoms. The summed E-state index contributed by atoms with van der Waals surface area (Å²) in [6.07, 6.45) is 0.211. The average Bonchev–Trinajstić information content (AvgIpc) is 2.53. The van der Waals surface area contributed by atoms with Gasteiger partial charge in [-0.2, -0.15) is 0 Å². The normalized spacial score (nSPS) is 11.8. The summed E-state index contributed by atoms with van der Waals surface area (Å²) < 4.78 is 24.2. The largest absolute Gasteiger partial charge is 0.496 e. The third kappa shape index (κ3) is 4.45. The van der Waals surface area contributed by atoms with Gasteiger partial charge in [-0.15, -0.1) is 0 Å². The second-order valence-electron chi connectivity index (χ2n) is 5.23. The van der Waals surface area contributed by atoms with Gasteiger partial charge in [-0.3, -0.25) is 4.79 Å². The van der Waals surface area contributed by atoms with Crippen molar-refractivity contribution in [3.63, 3.8) is 0 Å². The molecule has 2 rings (SSSR count). The van der Waals surface area contributed by atoms with Gasteiger partial charge in [0, 0.05) is 5.56 Å². The predicted molar refractivity (Wildman–Crippen MR) is 84.6 cm³/mol. The van der Waals surface area contributed by atoms with Crippen LogP contribution in [0.3, 0.4) is 0 Å². The Morgan fingerprint density at radius 2 is 1.91 bits per heavy atom. The van der Waals surface area contributed by atoms with E-state index in [0.717, 1.165) is 5.56 Å². The minimum absolute atomic E-state index is 0.208. The Morgan fingerprint density at radius 3 is 2.52 bits per heavy atom. The number of carboxylic acid groups (broad SMARTS) is 1. The Labute approximate surface area is 134 Å². The zero-order valence-corrected chi connectivity index (χ0v) is 13.1. The van der Waals surface area contributed by atoms with Crippen LogP contribution in [0.5, 0.6) is 11.5 Å². The van der Waals surface area contributed by atoms with E-state index in [1.165, 1.54) is 25.3 Å². The first-order valence-electron chi connectivity index (χ1n) is 7.27. The molecular formula is C18H19FO4. The van der Waals surface area contributed by atoms with Gasteiger partial charge in [0.05, 0.1) is 19.6 Å². The van der Waals surface area contributed by atoms with E-state index in [4.69, 9.17) is 9.47 Å². The van der Waals surface area contributed by atoms with E-state index in [-0.39, 0.29) is 13.0 Å². The SMILES string of the molecule is COc1ccc(F)cc1C(CCOc1ccc(C)cc1)C(=O)O. The first-order chi connectivity index (χ1) is 11.0. The highest BCUT2D eigenvalue weighted by molar-refractivity contribution is 5.77. The molecule has 0 aliphatic carbocycles. The maximum absolute atomic E-state index is 13.5. The Hall–Kier alpha value is -2.56. The van der Waals surface area contributed by atoms with E-state index < -0.39 is 17.7 Å². The molecule has 1 atom stereocenters. The molecule has 0 saturated carbocycles. The minimum Gasteiger partial charge on any atom is -0.496 e. The fourth-order valence-corrected chi connectivity index (χ4v) is 2.32. The smallest absolute Gasteiger partial charge is 0.311 e. The molecule has 0 radical (unpaired) electrons. The van der Waals surface area contributed by atoms with Crippen LogP contribution in [0, 0.1) is 12.7 Å². The van der Waals surface area contributed by atoms with Gasteiger partial charge in [0.25, 0.3) is 0 Å². The summed E-state index contributed by atoms with van der Waals surface area (Å²) in [6, 6.07) is 11.4. The molecule has 0 heterocycles. The number of benzene rings is 2. The van der Waals surface area contributed by atoms with Crippen molar-refractivity contribution >= 4 is 5.97 Å². The molecule has 0 aromatic heterocycles. The van der Waals surface area contributed by atoms with Crippen molar-refractivity contribution in [2.45, 2.75) is 19.3 Å². The lowest BCUT2D eigenvalue weighted by molar-refractivity contribution is -0.139. The zero-order valence-electron chi connectivity index (χ0n) is 13.1. The monoisotopic (exact) mass is 318 g/mol. The van der Waals surface area contributed by atoms with Crippen molar-refractivity contribution in [2.75, 3.05) is 13.7 Å². The van der Waals surface area contributed by atoms with Crippen LogP contribution in [0.25, 0.3) is 0 Å². The first kappa shape index (κ1) is 16.8. The lowest BCUT2D eigenvalue weighted by atomic mass is 9.95. The van der Waals surface area contributed by atoms with Gasteiger partial charge in [0.1, 0.15) is 17.3 Å². The summed E-state index contributed by atoms with van der Waals surface area (Å²) in [4.78, 5) is 11.5. The van der Waals surface area contributed by atoms with E-state index >= 15 is 0 Å². The average molecular weight is 318 g/mol. The number of aliphatic carboxylic acids is 1. The molecule has 2 aromatic rings. The molecule has 0 aliphatic rings. The summed E-state index contributed by atoms with van der Waals surface area (Å²) in [5.41, 5.74) is 1.43. The highest BCUT2D eigenvalue weighted by Crippen LogP contribution is 2.30. The number of rotatable bonds is 7. The van der Waals surface area contributed by atoms with E-state index in [1.54, 1.807) is 0 Å². The van der Waals surface area contributed by atoms with Gasteiger partial charge in [-0.1, -0.05) is 17.7 Å². The number of aryl methyl sites for hydroxylation is 1. The Morgan fingerprint density at radius 1 is 1.22 bits per heavy atom. The maximum Gasteiger partial charge on any atom is 0.311 e. The minimum atomic E-state index is -1.04. The molecule has 5 heteroatoms. The van der Waals surface area contributed by atoms with Crippen LogP contribution >= 0.6 is 0 Å². The second-order valence-corrected chi connectivity index (χ2v) is 5.23. The molecule has 2 aromatic carbocycles. The topological polar surface area (TPSA) is 55.8 Å². The fourth-order valence-electron chi connectivity index (χ4n) is 2.32. The zero-order chi connectivity index (χ0) is 16.8. The second kappa shape index (κ2) is 7.63. The number of hydrogen-bond donors (Lipinski definition) is 1. The summed E-state index contributed by atoms with van der Waals surface area (Å²) in [5.74, 6) is -1.40. The molecule has 0 saturated heterocycles. The number of ether oxygens (including phenoxy) is 2. The molecule has 1 N–H and O–H groups in total. The van der Waals surface area contributed by atoms with Crippen LogP contribution in [-0.4, -0.2) is 24.8 Å². The van der Waals surface area contributed by atoms with Crippen molar-refractivity contribution < 1.29 is 23.8 Å². The summed E-state index contributed by atoms with van der Waals surface area (Å²) in [7, 11) is 1.43. The van der Waals surface area contributed by atoms with Crippen molar-refractivity contribution in [3.8, 4) is 11.5 Å². The molecule has 122 valence electrons. The van der Waals surface area contributed by atoms with Crippen LogP contribution < -0.4 is 9.47 Å². The lowest BCUT2D eigenvalue weighted by Crippen LogP contribution is -2.16. The standard InChI is InChI=1S/C18H19FO4/c1-12-3-6-14(7-4-12)23-10-9-15(18(20)21)16-11-13(19)5-8-17(16)22-2/h3-8,11,15H,9-10H2,1-2H3,(H,20,21). The summed E-state index contributed by atoms with van der Waals surface area (Å²) in [6.45, 7) is 2.18. The number of hydrogen-bond acceptors (Lipinski definition) is 3. The van der Waals surface area contributed by atoms with Crippen LogP contribution in [0.4, 0.5) is 4.39 Å². The molecule has 0 spiro atoms. The van der Waals surface area contributed by atoms with Crippen LogP contribution in [0.15, 0.2) is 42.5 Å². The number of carboxylic acids is 1. The number of halogens is 1. The fraction of sp³-hybridized carbons (Fsp3) is 0.278. The van der Waals surface area contributed by atoms with Crippen molar-refractivity contribution in [1.82, 2.24) is 0 Å². The molecule has 23 heavy (non-hydrogen) atoms. The predicted octanol–water partition coefficient (Wildman–Crippen LogP) is 3.78. The lowest BCUT2D eigenvalue weighted by Gasteiger charge is -2.16. The van der Waals surface area contributed by atoms with E-state index in [9.17, 15) is 14.3 Å².